The number of aromatic nitrogens is 3. The average molecular weight is 417 g/mol. The van der Waals surface area contributed by atoms with E-state index in [1.54, 1.807) is 31.2 Å². The van der Waals surface area contributed by atoms with Gasteiger partial charge in [-0.3, -0.25) is 4.79 Å². The van der Waals surface area contributed by atoms with Crippen molar-refractivity contribution < 1.29 is 18.7 Å². The first-order chi connectivity index (χ1) is 14.0. The molecule has 2 heterocycles. The Morgan fingerprint density at radius 3 is 2.79 bits per heavy atom. The van der Waals surface area contributed by atoms with Crippen molar-refractivity contribution in [3.05, 3.63) is 64.2 Å². The Labute approximate surface area is 171 Å². The summed E-state index contributed by atoms with van der Waals surface area (Å²) in [5.74, 6) is 0.368. The van der Waals surface area contributed by atoms with Gasteiger partial charge in [0.2, 0.25) is 0 Å². The first-order valence-corrected chi connectivity index (χ1v) is 9.45. The molecule has 0 saturated heterocycles. The van der Waals surface area contributed by atoms with E-state index in [-0.39, 0.29) is 24.0 Å². The number of nitrogens with one attached hydrogen (secondary N) is 1. The van der Waals surface area contributed by atoms with Gasteiger partial charge in [-0.05, 0) is 48.9 Å². The van der Waals surface area contributed by atoms with Crippen molar-refractivity contribution in [1.29, 1.82) is 0 Å². The van der Waals surface area contributed by atoms with Crippen LogP contribution in [-0.2, 0) is 6.54 Å². The quantitative estimate of drug-likeness (QED) is 0.704. The molecule has 0 atom stereocenters. The van der Waals surface area contributed by atoms with Crippen molar-refractivity contribution in [3.63, 3.8) is 0 Å². The lowest BCUT2D eigenvalue weighted by atomic mass is 10.2. The van der Waals surface area contributed by atoms with Gasteiger partial charge in [-0.2, -0.15) is 0 Å². The van der Waals surface area contributed by atoms with Gasteiger partial charge in [0.25, 0.3) is 5.91 Å². The standard InChI is InChI=1S/C20H18ClFN4O3/c1-12-18(24-25-26(12)15-5-3-14(22)4-6-15)20(27)23-11-13-9-16(21)19-17(10-13)28-7-2-8-29-19/h3-6,9-10H,2,7-8,11H2,1H3,(H,23,27). The molecule has 1 amide bonds. The van der Waals surface area contributed by atoms with Gasteiger partial charge in [-0.1, -0.05) is 16.8 Å². The summed E-state index contributed by atoms with van der Waals surface area (Å²) in [7, 11) is 0. The molecular weight excluding hydrogens is 399 g/mol. The number of amides is 1. The molecule has 1 aliphatic rings. The van der Waals surface area contributed by atoms with Crippen LogP contribution in [-0.4, -0.2) is 34.1 Å². The van der Waals surface area contributed by atoms with Crippen LogP contribution in [0.2, 0.25) is 5.02 Å². The second kappa shape index (κ2) is 8.08. The van der Waals surface area contributed by atoms with E-state index in [1.165, 1.54) is 16.8 Å². The molecule has 3 aromatic rings. The maximum atomic E-state index is 13.1. The second-order valence-electron chi connectivity index (χ2n) is 6.55. The zero-order valence-electron chi connectivity index (χ0n) is 15.6. The smallest absolute Gasteiger partial charge is 0.274 e. The molecule has 1 N–H and O–H groups in total. The van der Waals surface area contributed by atoms with Gasteiger partial charge in [-0.15, -0.1) is 5.10 Å². The van der Waals surface area contributed by atoms with Crippen molar-refractivity contribution in [3.8, 4) is 17.2 Å². The molecule has 2 aromatic carbocycles. The van der Waals surface area contributed by atoms with Crippen LogP contribution in [0.3, 0.4) is 0 Å². The summed E-state index contributed by atoms with van der Waals surface area (Å²) < 4.78 is 25.9. The number of rotatable bonds is 4. The number of ether oxygens (including phenoxy) is 2. The number of hydrogen-bond donors (Lipinski definition) is 1. The number of benzene rings is 2. The lowest BCUT2D eigenvalue weighted by Gasteiger charge is -2.12. The fourth-order valence-electron chi connectivity index (χ4n) is 3.02. The number of halogens is 2. The summed E-state index contributed by atoms with van der Waals surface area (Å²) in [6.45, 7) is 3.05. The number of fused-ring (bicyclic) bond motifs is 1. The number of carbonyl (C=O) groups is 1. The van der Waals surface area contributed by atoms with E-state index in [0.717, 1.165) is 12.0 Å². The predicted octanol–water partition coefficient (Wildman–Crippen LogP) is 3.46. The van der Waals surface area contributed by atoms with Crippen LogP contribution in [0.1, 0.15) is 28.2 Å². The largest absolute Gasteiger partial charge is 0.489 e. The van der Waals surface area contributed by atoms with Gasteiger partial charge in [0.15, 0.2) is 17.2 Å². The highest BCUT2D eigenvalue weighted by atomic mass is 35.5. The van der Waals surface area contributed by atoms with Crippen LogP contribution >= 0.6 is 11.6 Å². The minimum atomic E-state index is -0.376. The molecule has 1 aliphatic heterocycles. The van der Waals surface area contributed by atoms with Gasteiger partial charge in [-0.25, -0.2) is 9.07 Å². The van der Waals surface area contributed by atoms with Crippen LogP contribution in [0.25, 0.3) is 5.69 Å². The minimum Gasteiger partial charge on any atom is -0.489 e. The summed E-state index contributed by atoms with van der Waals surface area (Å²) in [5, 5.41) is 11.2. The Bertz CT molecular complexity index is 1050. The first kappa shape index (κ1) is 19.2. The fraction of sp³-hybridized carbons (Fsp3) is 0.250. The third-order valence-corrected chi connectivity index (χ3v) is 4.78. The van der Waals surface area contributed by atoms with E-state index < -0.39 is 0 Å². The SMILES string of the molecule is Cc1c(C(=O)NCc2cc(Cl)c3c(c2)OCCCO3)nnn1-c1ccc(F)cc1. The molecule has 0 bridgehead atoms. The molecule has 0 unspecified atom stereocenters. The van der Waals surface area contributed by atoms with Crippen LogP contribution in [0, 0.1) is 12.7 Å². The molecule has 0 aliphatic carbocycles. The molecule has 0 radical (unpaired) electrons. The summed E-state index contributed by atoms with van der Waals surface area (Å²) in [5.41, 5.74) is 2.13. The Kier molecular flexibility index (Phi) is 5.35. The molecular formula is C20H18ClFN4O3. The third kappa shape index (κ3) is 4.02. The van der Waals surface area contributed by atoms with Gasteiger partial charge < -0.3 is 14.8 Å². The average Bonchev–Trinajstić information content (AvgIpc) is 2.93. The van der Waals surface area contributed by atoms with Crippen molar-refractivity contribution in [2.24, 2.45) is 0 Å². The maximum absolute atomic E-state index is 13.1. The second-order valence-corrected chi connectivity index (χ2v) is 6.96. The van der Waals surface area contributed by atoms with Gasteiger partial charge in [0, 0.05) is 13.0 Å². The molecule has 9 heteroatoms. The zero-order valence-corrected chi connectivity index (χ0v) is 16.4. The molecule has 0 spiro atoms. The minimum absolute atomic E-state index is 0.190. The van der Waals surface area contributed by atoms with Crippen molar-refractivity contribution >= 4 is 17.5 Å². The molecule has 4 rings (SSSR count). The van der Waals surface area contributed by atoms with Crippen molar-refractivity contribution in [1.82, 2.24) is 20.3 Å². The van der Waals surface area contributed by atoms with Crippen molar-refractivity contribution in [2.45, 2.75) is 19.9 Å². The Hall–Kier alpha value is -3.13. The highest BCUT2D eigenvalue weighted by molar-refractivity contribution is 6.32. The molecule has 0 fully saturated rings. The molecule has 0 saturated carbocycles. The Morgan fingerprint density at radius 1 is 1.24 bits per heavy atom. The topological polar surface area (TPSA) is 78.3 Å². The van der Waals surface area contributed by atoms with Gasteiger partial charge in [0.05, 0.1) is 29.6 Å². The highest BCUT2D eigenvalue weighted by Gasteiger charge is 2.19. The van der Waals surface area contributed by atoms with Crippen molar-refractivity contribution in [2.75, 3.05) is 13.2 Å². The van der Waals surface area contributed by atoms with Crippen LogP contribution < -0.4 is 14.8 Å². The predicted molar refractivity (Wildman–Crippen MR) is 104 cm³/mol. The summed E-state index contributed by atoms with van der Waals surface area (Å²) in [6.07, 6.45) is 0.778. The lowest BCUT2D eigenvalue weighted by Crippen LogP contribution is -2.24. The first-order valence-electron chi connectivity index (χ1n) is 9.07. The van der Waals surface area contributed by atoms with E-state index in [4.69, 9.17) is 21.1 Å². The van der Waals surface area contributed by atoms with E-state index >= 15 is 0 Å². The number of hydrogen-bond acceptors (Lipinski definition) is 5. The number of nitrogens with zero attached hydrogens (tertiary/aromatic N) is 3. The van der Waals surface area contributed by atoms with E-state index in [0.29, 0.717) is 41.1 Å². The van der Waals surface area contributed by atoms with E-state index in [1.807, 2.05) is 0 Å². The Morgan fingerprint density at radius 2 is 2.00 bits per heavy atom. The van der Waals surface area contributed by atoms with E-state index in [2.05, 4.69) is 15.6 Å². The van der Waals surface area contributed by atoms with Crippen LogP contribution in [0.15, 0.2) is 36.4 Å². The summed E-state index contributed by atoms with van der Waals surface area (Å²) >= 11 is 6.29. The monoisotopic (exact) mass is 416 g/mol. The van der Waals surface area contributed by atoms with Crippen LogP contribution in [0.5, 0.6) is 11.5 Å². The lowest BCUT2D eigenvalue weighted by molar-refractivity contribution is 0.0945. The molecule has 1 aromatic heterocycles. The third-order valence-electron chi connectivity index (χ3n) is 4.50. The maximum Gasteiger partial charge on any atom is 0.274 e. The summed E-state index contributed by atoms with van der Waals surface area (Å²) in [4.78, 5) is 12.6. The molecule has 29 heavy (non-hydrogen) atoms. The van der Waals surface area contributed by atoms with E-state index in [9.17, 15) is 9.18 Å². The zero-order chi connectivity index (χ0) is 20.4. The van der Waals surface area contributed by atoms with Gasteiger partial charge in [0.1, 0.15) is 5.82 Å². The van der Waals surface area contributed by atoms with Crippen LogP contribution in [0.4, 0.5) is 4.39 Å². The highest BCUT2D eigenvalue weighted by Crippen LogP contribution is 2.37. The normalized spacial score (nSPS) is 13.1. The summed E-state index contributed by atoms with van der Waals surface area (Å²) in [6, 6.07) is 9.32. The molecule has 150 valence electrons. The Balaban J connectivity index is 1.49. The number of carbonyl (C=O) groups excluding carboxylic acids is 1. The fourth-order valence-corrected chi connectivity index (χ4v) is 3.31. The molecule has 7 nitrogen and oxygen atoms in total. The van der Waals surface area contributed by atoms with Gasteiger partial charge >= 0.3 is 0 Å².